The molecule has 34 heavy (non-hydrogen) atoms. The molecule has 0 spiro atoms. The summed E-state index contributed by atoms with van der Waals surface area (Å²) in [6.45, 7) is 2.82. The molecule has 6 heteroatoms. The number of hydrogen-bond acceptors (Lipinski definition) is 2. The quantitative estimate of drug-likeness (QED) is 0.358. The van der Waals surface area contributed by atoms with Crippen molar-refractivity contribution in [1.82, 2.24) is 9.47 Å². The second-order valence-electron chi connectivity index (χ2n) is 9.31. The SMILES string of the molecule is N#Cc1cccc(CN(Cc2cccn2Cc2cccc(C(F)(F)F)c2)CC2CCCCC2)c1. The first-order valence-electron chi connectivity index (χ1n) is 11.9. The van der Waals surface area contributed by atoms with Crippen LogP contribution in [-0.2, 0) is 25.8 Å². The van der Waals surface area contributed by atoms with Crippen molar-refractivity contribution in [2.75, 3.05) is 6.54 Å². The number of hydrogen-bond donors (Lipinski definition) is 0. The van der Waals surface area contributed by atoms with Crippen LogP contribution in [0.25, 0.3) is 0 Å². The summed E-state index contributed by atoms with van der Waals surface area (Å²) in [6.07, 6.45) is 3.91. The Balaban J connectivity index is 1.52. The van der Waals surface area contributed by atoms with Crippen molar-refractivity contribution in [3.8, 4) is 6.07 Å². The number of aromatic nitrogens is 1. The lowest BCUT2D eigenvalue weighted by molar-refractivity contribution is -0.137. The third kappa shape index (κ3) is 6.51. The van der Waals surface area contributed by atoms with Crippen LogP contribution in [0.4, 0.5) is 13.2 Å². The molecule has 0 saturated heterocycles. The highest BCUT2D eigenvalue weighted by atomic mass is 19.4. The van der Waals surface area contributed by atoms with E-state index in [0.717, 1.165) is 30.4 Å². The fourth-order valence-corrected chi connectivity index (χ4v) is 4.94. The van der Waals surface area contributed by atoms with Crippen molar-refractivity contribution >= 4 is 0 Å². The number of alkyl halides is 3. The number of rotatable bonds is 8. The summed E-state index contributed by atoms with van der Waals surface area (Å²) in [5.41, 5.74) is 2.85. The molecule has 0 bridgehead atoms. The molecule has 1 saturated carbocycles. The Morgan fingerprint density at radius 2 is 1.68 bits per heavy atom. The zero-order chi connectivity index (χ0) is 24.0. The largest absolute Gasteiger partial charge is 0.416 e. The highest BCUT2D eigenvalue weighted by Gasteiger charge is 2.30. The fourth-order valence-electron chi connectivity index (χ4n) is 4.94. The smallest absolute Gasteiger partial charge is 0.346 e. The Hall–Kier alpha value is -3.04. The standard InChI is InChI=1S/C28H30F3N3/c29-28(30,31)26-12-5-11-25(16-26)20-34-14-6-13-27(34)21-33(18-22-7-2-1-3-8-22)19-24-10-4-9-23(15-24)17-32/h4-6,9-16,22H,1-3,7-8,18-21H2. The van der Waals surface area contributed by atoms with E-state index in [2.05, 4.69) is 17.0 Å². The molecule has 0 atom stereocenters. The minimum Gasteiger partial charge on any atom is -0.346 e. The molecule has 1 heterocycles. The molecule has 0 aliphatic heterocycles. The zero-order valence-corrected chi connectivity index (χ0v) is 19.3. The predicted molar refractivity (Wildman–Crippen MR) is 127 cm³/mol. The molecular formula is C28H30F3N3. The van der Waals surface area contributed by atoms with Gasteiger partial charge in [0.1, 0.15) is 0 Å². The molecular weight excluding hydrogens is 435 g/mol. The van der Waals surface area contributed by atoms with Crippen LogP contribution >= 0.6 is 0 Å². The van der Waals surface area contributed by atoms with Crippen LogP contribution in [0.15, 0.2) is 66.9 Å². The van der Waals surface area contributed by atoms with Crippen molar-refractivity contribution in [1.29, 1.82) is 5.26 Å². The van der Waals surface area contributed by atoms with Gasteiger partial charge in [0, 0.05) is 38.1 Å². The molecule has 2 aromatic carbocycles. The molecule has 0 unspecified atom stereocenters. The van der Waals surface area contributed by atoms with Crippen LogP contribution in [0.3, 0.4) is 0 Å². The minimum atomic E-state index is -4.34. The van der Waals surface area contributed by atoms with E-state index >= 15 is 0 Å². The summed E-state index contributed by atoms with van der Waals surface area (Å²) < 4.78 is 41.5. The number of nitriles is 1. The zero-order valence-electron chi connectivity index (χ0n) is 19.3. The summed E-state index contributed by atoms with van der Waals surface area (Å²) in [5, 5.41) is 9.27. The van der Waals surface area contributed by atoms with Gasteiger partial charge in [-0.25, -0.2) is 0 Å². The topological polar surface area (TPSA) is 32.0 Å². The maximum absolute atomic E-state index is 13.1. The molecule has 178 valence electrons. The Bertz CT molecular complexity index is 1120. The second-order valence-corrected chi connectivity index (χ2v) is 9.31. The maximum Gasteiger partial charge on any atom is 0.416 e. The lowest BCUT2D eigenvalue weighted by Gasteiger charge is -2.30. The van der Waals surface area contributed by atoms with Crippen LogP contribution in [0.2, 0.25) is 0 Å². The Morgan fingerprint density at radius 3 is 2.44 bits per heavy atom. The normalized spacial score (nSPS) is 14.9. The minimum absolute atomic E-state index is 0.396. The van der Waals surface area contributed by atoms with Gasteiger partial charge in [0.05, 0.1) is 17.2 Å². The molecule has 3 aromatic rings. The van der Waals surface area contributed by atoms with Crippen molar-refractivity contribution in [2.45, 2.75) is 57.9 Å². The highest BCUT2D eigenvalue weighted by Crippen LogP contribution is 2.30. The van der Waals surface area contributed by atoms with E-state index in [0.29, 0.717) is 30.1 Å². The molecule has 0 N–H and O–H groups in total. The van der Waals surface area contributed by atoms with Gasteiger partial charge in [0.15, 0.2) is 0 Å². The van der Waals surface area contributed by atoms with Gasteiger partial charge >= 0.3 is 6.18 Å². The van der Waals surface area contributed by atoms with Crippen molar-refractivity contribution in [2.24, 2.45) is 5.92 Å². The number of nitrogens with zero attached hydrogens (tertiary/aromatic N) is 3. The summed E-state index contributed by atoms with van der Waals surface area (Å²) in [4.78, 5) is 2.42. The van der Waals surface area contributed by atoms with E-state index in [1.165, 1.54) is 44.2 Å². The van der Waals surface area contributed by atoms with E-state index in [1.54, 1.807) is 6.07 Å². The molecule has 1 fully saturated rings. The van der Waals surface area contributed by atoms with Crippen molar-refractivity contribution in [3.05, 3.63) is 94.8 Å². The Morgan fingerprint density at radius 1 is 0.912 bits per heavy atom. The second kappa shape index (κ2) is 10.9. The van der Waals surface area contributed by atoms with Gasteiger partial charge in [-0.3, -0.25) is 4.90 Å². The van der Waals surface area contributed by atoms with Gasteiger partial charge in [-0.15, -0.1) is 0 Å². The lowest BCUT2D eigenvalue weighted by atomic mass is 9.89. The van der Waals surface area contributed by atoms with E-state index in [1.807, 2.05) is 41.1 Å². The third-order valence-electron chi connectivity index (χ3n) is 6.62. The van der Waals surface area contributed by atoms with E-state index < -0.39 is 11.7 Å². The molecule has 0 radical (unpaired) electrons. The Labute approximate surface area is 199 Å². The predicted octanol–water partition coefficient (Wildman–Crippen LogP) is 7.01. The monoisotopic (exact) mass is 465 g/mol. The number of halogens is 3. The van der Waals surface area contributed by atoms with E-state index in [-0.39, 0.29) is 0 Å². The van der Waals surface area contributed by atoms with E-state index in [4.69, 9.17) is 0 Å². The molecule has 1 aliphatic rings. The first-order valence-corrected chi connectivity index (χ1v) is 11.9. The maximum atomic E-state index is 13.1. The summed E-state index contributed by atoms with van der Waals surface area (Å²) in [5.74, 6) is 0.653. The average Bonchev–Trinajstić information content (AvgIpc) is 3.25. The number of benzene rings is 2. The van der Waals surface area contributed by atoms with Crippen LogP contribution < -0.4 is 0 Å². The van der Waals surface area contributed by atoms with Gasteiger partial charge in [-0.2, -0.15) is 18.4 Å². The molecule has 1 aliphatic carbocycles. The van der Waals surface area contributed by atoms with Gasteiger partial charge in [0.2, 0.25) is 0 Å². The third-order valence-corrected chi connectivity index (χ3v) is 6.62. The van der Waals surface area contributed by atoms with Gasteiger partial charge < -0.3 is 4.57 Å². The summed E-state index contributed by atoms with van der Waals surface area (Å²) in [6, 6.07) is 19.5. The highest BCUT2D eigenvalue weighted by molar-refractivity contribution is 5.33. The first-order chi connectivity index (χ1) is 16.4. The van der Waals surface area contributed by atoms with Crippen LogP contribution in [-0.4, -0.2) is 16.0 Å². The van der Waals surface area contributed by atoms with Crippen LogP contribution in [0, 0.1) is 17.2 Å². The summed E-state index contributed by atoms with van der Waals surface area (Å²) in [7, 11) is 0. The van der Waals surface area contributed by atoms with Crippen LogP contribution in [0.1, 0.15) is 60.1 Å². The lowest BCUT2D eigenvalue weighted by Crippen LogP contribution is -2.30. The average molecular weight is 466 g/mol. The van der Waals surface area contributed by atoms with Crippen molar-refractivity contribution in [3.63, 3.8) is 0 Å². The first kappa shape index (κ1) is 24.1. The van der Waals surface area contributed by atoms with E-state index in [9.17, 15) is 18.4 Å². The van der Waals surface area contributed by atoms with Crippen molar-refractivity contribution < 1.29 is 13.2 Å². The summed E-state index contributed by atoms with van der Waals surface area (Å²) >= 11 is 0. The molecule has 3 nitrogen and oxygen atoms in total. The molecule has 0 amide bonds. The molecule has 1 aromatic heterocycles. The molecule has 4 rings (SSSR count). The van der Waals surface area contributed by atoms with Crippen LogP contribution in [0.5, 0.6) is 0 Å². The van der Waals surface area contributed by atoms with Gasteiger partial charge in [-0.1, -0.05) is 43.5 Å². The van der Waals surface area contributed by atoms with Gasteiger partial charge in [0.25, 0.3) is 0 Å². The fraction of sp³-hybridized carbons (Fsp3) is 0.393. The van der Waals surface area contributed by atoms with Gasteiger partial charge in [-0.05, 0) is 66.3 Å². The Kier molecular flexibility index (Phi) is 7.74.